The van der Waals surface area contributed by atoms with Crippen LogP contribution >= 0.6 is 22.7 Å². The highest BCUT2D eigenvalue weighted by atomic mass is 127. The largest absolute Gasteiger partial charge is 0.447 e. The highest BCUT2D eigenvalue weighted by molar-refractivity contribution is 7.20. The number of benzene rings is 6. The SMILES string of the molecule is FC(F)(F)c1cc([B-](c2cc(C(F)(F)F)cc(C(F)(F)F)c2)(c2cc(C(F)(F)F)cc(C(F)(F)F)c2)c2cc(C(F)(F)F)cc(C(F)(F)F)c2)cc(C(F)(F)F)c1.c1cc(C2CCCCC2)ccc1Oc1ccc([I+]c2ccc(Oc3ccc(C4CCCCC4)cc3)s2)s1. The van der Waals surface area contributed by atoms with E-state index in [9.17, 15) is 105 Å². The van der Waals surface area contributed by atoms with Gasteiger partial charge in [-0.15, -0.1) is 0 Å². The van der Waals surface area contributed by atoms with Crippen LogP contribution in [0.5, 0.6) is 21.6 Å². The van der Waals surface area contributed by atoms with Crippen molar-refractivity contribution in [3.05, 3.63) is 207 Å². The van der Waals surface area contributed by atoms with Gasteiger partial charge in [-0.3, -0.25) is 0 Å². The van der Waals surface area contributed by atoms with Crippen LogP contribution in [0.25, 0.3) is 0 Å². The summed E-state index contributed by atoms with van der Waals surface area (Å²) in [6, 6.07) is 17.5. The quantitative estimate of drug-likeness (QED) is 0.0689. The van der Waals surface area contributed by atoms with Crippen molar-refractivity contribution in [1.29, 1.82) is 0 Å². The highest BCUT2D eigenvalue weighted by Gasteiger charge is 2.47. The second kappa shape index (κ2) is 27.2. The molecule has 0 amide bonds. The number of alkyl halides is 24. The molecule has 0 unspecified atom stereocenters. The van der Waals surface area contributed by atoms with E-state index in [1.165, 1.54) is 81.1 Å². The molecule has 8 aromatic rings. The molecule has 0 atom stereocenters. The Hall–Kier alpha value is -6.57. The normalized spacial score (nSPS) is 15.4. The Morgan fingerprint density at radius 3 is 0.723 bits per heavy atom. The molecule has 2 fully saturated rings. The van der Waals surface area contributed by atoms with Gasteiger partial charge in [0.1, 0.15) is 17.6 Å². The first-order valence-corrected chi connectivity index (χ1v) is 32.1. The number of thiophene rings is 2. The van der Waals surface area contributed by atoms with E-state index in [1.54, 1.807) is 22.7 Å². The standard InChI is InChI=1S/C32H12BF24.C32H34IO2S2/c34-25(35,36)13-1-14(26(37,38)39)6-21(5-13)33(22-7-15(27(40,41)42)2-16(8-22)28(43,44)45,23-9-17(29(46,47)48)3-18(10-23)30(49,50)51)24-11-19(31(52,53)54)4-20(12-24)32(55,56)57;1-3-7-23(8-4-1)25-11-15-27(16-12-25)34-31-21-19-29(36-31)33-30-20-22-32(37-30)35-28-17-13-26(14-18-28)24-9-5-2-6-10-24/h1-12H;11-24H,1-10H2/q-1;+1. The van der Waals surface area contributed by atoms with Gasteiger partial charge < -0.3 is 9.47 Å². The van der Waals surface area contributed by atoms with Crippen molar-refractivity contribution < 1.29 is 136 Å². The zero-order chi connectivity index (χ0) is 68.8. The summed E-state index contributed by atoms with van der Waals surface area (Å²) >= 11 is 3.32. The lowest BCUT2D eigenvalue weighted by Gasteiger charge is -2.46. The molecule has 2 nitrogen and oxygen atoms in total. The molecule has 2 aromatic heterocycles. The smallest absolute Gasteiger partial charge is 0.416 e. The summed E-state index contributed by atoms with van der Waals surface area (Å²) in [4.78, 5) is 0. The Morgan fingerprint density at radius 2 is 0.511 bits per heavy atom. The Bertz CT molecular complexity index is 3380. The fraction of sp³-hybridized carbons (Fsp3) is 0.312. The maximum Gasteiger partial charge on any atom is 0.416 e. The zero-order valence-electron chi connectivity index (χ0n) is 47.7. The van der Waals surface area contributed by atoms with Gasteiger partial charge in [0.15, 0.2) is 10.1 Å². The lowest BCUT2D eigenvalue weighted by Crippen LogP contribution is -3.61. The van der Waals surface area contributed by atoms with Crippen molar-refractivity contribution in [1.82, 2.24) is 0 Å². The summed E-state index contributed by atoms with van der Waals surface area (Å²) in [7, 11) is 0. The van der Waals surface area contributed by atoms with Gasteiger partial charge >= 0.3 is 70.6 Å². The maximum atomic E-state index is 14.2. The first-order chi connectivity index (χ1) is 43.5. The summed E-state index contributed by atoms with van der Waals surface area (Å²) in [5, 5.41) is 1.96. The monoisotopic (exact) mass is 1500 g/mol. The van der Waals surface area contributed by atoms with Gasteiger partial charge in [-0.2, -0.15) is 127 Å². The molecule has 6 aromatic carbocycles. The highest BCUT2D eigenvalue weighted by Crippen LogP contribution is 2.43. The molecule has 2 heterocycles. The van der Waals surface area contributed by atoms with Crippen molar-refractivity contribution in [2.75, 3.05) is 0 Å². The van der Waals surface area contributed by atoms with Gasteiger partial charge in [-0.25, -0.2) is 0 Å². The molecular weight excluding hydrogens is 1460 g/mol. The van der Waals surface area contributed by atoms with E-state index in [4.69, 9.17) is 9.47 Å². The molecule has 30 heteroatoms. The zero-order valence-corrected chi connectivity index (χ0v) is 51.5. The molecule has 0 bridgehead atoms. The second-order valence-electron chi connectivity index (χ2n) is 22.4. The summed E-state index contributed by atoms with van der Waals surface area (Å²) in [6.45, 7) is 0. The molecule has 0 spiro atoms. The lowest BCUT2D eigenvalue weighted by molar-refractivity contribution is -0.585. The van der Waals surface area contributed by atoms with Crippen molar-refractivity contribution in [3.8, 4) is 21.6 Å². The first kappa shape index (κ1) is 71.7. The molecule has 2 aliphatic carbocycles. The Balaban J connectivity index is 0.000000241. The molecule has 2 aliphatic rings. The van der Waals surface area contributed by atoms with Crippen molar-refractivity contribution in [2.45, 2.75) is 125 Å². The van der Waals surface area contributed by atoms with E-state index in [2.05, 4.69) is 72.8 Å². The van der Waals surface area contributed by atoms with Crippen molar-refractivity contribution >= 4 is 50.7 Å². The number of hydrogen-bond acceptors (Lipinski definition) is 4. The Morgan fingerprint density at radius 1 is 0.287 bits per heavy atom. The summed E-state index contributed by atoms with van der Waals surface area (Å²) in [5.74, 6) is 3.35. The van der Waals surface area contributed by atoms with Crippen molar-refractivity contribution in [3.63, 3.8) is 0 Å². The fourth-order valence-corrected chi connectivity index (χ4v) is 17.6. The Labute approximate surface area is 538 Å². The van der Waals surface area contributed by atoms with Gasteiger partial charge in [0.25, 0.3) is 5.77 Å². The fourth-order valence-electron chi connectivity index (χ4n) is 11.7. The first-order valence-electron chi connectivity index (χ1n) is 28.3. The Kier molecular flexibility index (Phi) is 20.7. The van der Waals surface area contributed by atoms with E-state index in [1.807, 2.05) is 0 Å². The summed E-state index contributed by atoms with van der Waals surface area (Å²) in [5.41, 5.74) is -27.3. The molecule has 0 radical (unpaired) electrons. The van der Waals surface area contributed by atoms with Crippen LogP contribution in [0.15, 0.2) is 146 Å². The molecule has 94 heavy (non-hydrogen) atoms. The summed E-state index contributed by atoms with van der Waals surface area (Å²) < 4.78 is 356. The van der Waals surface area contributed by atoms with Gasteiger partial charge in [0, 0.05) is 12.1 Å². The van der Waals surface area contributed by atoms with Crippen LogP contribution in [0, 0.1) is 5.77 Å². The summed E-state index contributed by atoms with van der Waals surface area (Å²) in [6.07, 6.45) is -41.2. The van der Waals surface area contributed by atoms with Crippen molar-refractivity contribution in [2.24, 2.45) is 0 Å². The number of ether oxygens (including phenoxy) is 2. The topological polar surface area (TPSA) is 18.5 Å². The minimum atomic E-state index is -6.13. The number of rotatable bonds is 12. The average molecular weight is 1500 g/mol. The third-order valence-corrected chi connectivity index (χ3v) is 21.7. The average Bonchev–Trinajstić information content (AvgIpc) is 0.773. The van der Waals surface area contributed by atoms with E-state index in [0.29, 0.717) is 0 Å². The lowest BCUT2D eigenvalue weighted by atomic mass is 9.12. The van der Waals surface area contributed by atoms with E-state index < -0.39 is 195 Å². The third kappa shape index (κ3) is 17.3. The number of halogens is 25. The molecule has 10 rings (SSSR count). The number of hydrogen-bond donors (Lipinski definition) is 0. The minimum absolute atomic E-state index is 0.234. The van der Waals surface area contributed by atoms with Crippen LogP contribution in [0.4, 0.5) is 105 Å². The van der Waals surface area contributed by atoms with Crippen LogP contribution in [-0.4, -0.2) is 6.15 Å². The van der Waals surface area contributed by atoms with E-state index in [0.717, 1.165) is 33.5 Å². The van der Waals surface area contributed by atoms with Crippen LogP contribution in [0.1, 0.15) is 132 Å². The molecule has 2 saturated carbocycles. The van der Waals surface area contributed by atoms with Gasteiger partial charge in [0.05, 0.1) is 44.5 Å². The predicted octanol–water partition coefficient (Wildman–Crippen LogP) is 18.8. The molecule has 0 saturated heterocycles. The van der Waals surface area contributed by atoms with Gasteiger partial charge in [-0.05, 0) is 109 Å². The molecule has 0 N–H and O–H groups in total. The molecule has 0 aliphatic heterocycles. The van der Waals surface area contributed by atoms with E-state index >= 15 is 0 Å². The maximum absolute atomic E-state index is 14.2. The molecule has 504 valence electrons. The third-order valence-electron chi connectivity index (χ3n) is 16.1. The van der Waals surface area contributed by atoms with Crippen LogP contribution in [0.2, 0.25) is 0 Å². The minimum Gasteiger partial charge on any atom is -0.447 e. The molecular formula is C64H46BF24IO2S2. The van der Waals surface area contributed by atoms with Crippen LogP contribution < -0.4 is 52.5 Å². The van der Waals surface area contributed by atoms with Crippen LogP contribution in [0.3, 0.4) is 0 Å². The van der Waals surface area contributed by atoms with Gasteiger partial charge in [-0.1, -0.05) is 134 Å². The van der Waals surface area contributed by atoms with Crippen LogP contribution in [-0.2, 0) is 49.4 Å². The van der Waals surface area contributed by atoms with Gasteiger partial charge in [0.2, 0.25) is 0 Å². The van der Waals surface area contributed by atoms with E-state index in [-0.39, 0.29) is 21.2 Å². The second-order valence-corrected chi connectivity index (χ2v) is 28.9. The predicted molar refractivity (Wildman–Crippen MR) is 301 cm³/mol.